The first kappa shape index (κ1) is 32.0. The molecule has 2 aromatic carbocycles. The molecule has 0 aliphatic heterocycles. The van der Waals surface area contributed by atoms with Crippen molar-refractivity contribution in [2.75, 3.05) is 13.1 Å². The van der Waals surface area contributed by atoms with E-state index < -0.39 is 66.4 Å². The van der Waals surface area contributed by atoms with E-state index in [4.69, 9.17) is 11.5 Å². The summed E-state index contributed by atoms with van der Waals surface area (Å²) in [5.41, 5.74) is 13.9. The second kappa shape index (κ2) is 13.4. The molecule has 0 radical (unpaired) electrons. The van der Waals surface area contributed by atoms with Crippen LogP contribution in [0.1, 0.15) is 34.7 Å². The van der Waals surface area contributed by atoms with Gasteiger partial charge in [-0.15, -0.1) is 0 Å². The number of benzene rings is 2. The molecule has 3 rings (SSSR count). The lowest BCUT2D eigenvalue weighted by Gasteiger charge is -2.29. The molecule has 10 N–H and O–H groups in total. The molecule has 0 spiro atoms. The Labute approximate surface area is 243 Å². The van der Waals surface area contributed by atoms with Gasteiger partial charge in [0.1, 0.15) is 17.3 Å². The molecule has 5 amide bonds. The van der Waals surface area contributed by atoms with E-state index in [9.17, 15) is 34.2 Å². The molecule has 0 fully saturated rings. The molecule has 1 aliphatic carbocycles. The highest BCUT2D eigenvalue weighted by atomic mass is 16.3. The number of aromatic hydroxyl groups is 1. The molecule has 0 saturated heterocycles. The topological polar surface area (TPSA) is 226 Å². The van der Waals surface area contributed by atoms with Gasteiger partial charge in [0.15, 0.2) is 0 Å². The monoisotopic (exact) mass is 582 g/mol. The van der Waals surface area contributed by atoms with Crippen molar-refractivity contribution < 1.29 is 34.2 Å². The maximum absolute atomic E-state index is 13.4. The van der Waals surface area contributed by atoms with E-state index in [0.717, 1.165) is 27.8 Å². The number of hydrogen-bond donors (Lipinski definition) is 8. The maximum atomic E-state index is 13.4. The van der Waals surface area contributed by atoms with Crippen LogP contribution in [0.5, 0.6) is 5.75 Å². The second-order valence-corrected chi connectivity index (χ2v) is 10.7. The first-order chi connectivity index (χ1) is 19.7. The average Bonchev–Trinajstić information content (AvgIpc) is 3.29. The Balaban J connectivity index is 1.64. The van der Waals surface area contributed by atoms with Gasteiger partial charge in [-0.25, -0.2) is 0 Å². The third-order valence-corrected chi connectivity index (χ3v) is 7.30. The van der Waals surface area contributed by atoms with E-state index in [1.54, 1.807) is 38.1 Å². The number of nitrogens with two attached hydrogens (primary N) is 2. The van der Waals surface area contributed by atoms with Gasteiger partial charge in [0.05, 0.1) is 25.2 Å². The fraction of sp³-hybridized carbons (Fsp3) is 0.414. The van der Waals surface area contributed by atoms with Gasteiger partial charge in [0, 0.05) is 12.8 Å². The van der Waals surface area contributed by atoms with Crippen LogP contribution in [0.25, 0.3) is 0 Å². The van der Waals surface area contributed by atoms with E-state index in [-0.39, 0.29) is 25.0 Å². The third-order valence-electron chi connectivity index (χ3n) is 7.30. The number of fused-ring (bicyclic) bond motifs is 1. The standard InChI is InChI=1S/C29H38N6O7/c1-15-8-20(37)9-16(2)21(15)10-22(30)27(41)32-14-24(39)35-29(11-18-6-4-5-7-19(18)12-29)28(42)33-13-23(38)34-25(17(3)36)26(31)40/h4-9,17,22,25,36-37H,10-14,30H2,1-3H3,(H2,31,40)(H,32,41)(H,33,42)(H,34,38)(H,35,39)/t17?,22-,25-/m0/s1. The van der Waals surface area contributed by atoms with E-state index in [1.165, 1.54) is 6.92 Å². The fourth-order valence-corrected chi connectivity index (χ4v) is 5.12. The smallest absolute Gasteiger partial charge is 0.246 e. The van der Waals surface area contributed by atoms with Crippen LogP contribution in [0.4, 0.5) is 0 Å². The zero-order chi connectivity index (χ0) is 31.2. The molecule has 0 heterocycles. The van der Waals surface area contributed by atoms with Crippen LogP contribution in [0, 0.1) is 13.8 Å². The summed E-state index contributed by atoms with van der Waals surface area (Å²) in [5, 5.41) is 29.4. The summed E-state index contributed by atoms with van der Waals surface area (Å²) in [6.07, 6.45) is -0.755. The summed E-state index contributed by atoms with van der Waals surface area (Å²) >= 11 is 0. The Bertz CT molecular complexity index is 1330. The molecule has 13 nitrogen and oxygen atoms in total. The lowest BCUT2D eigenvalue weighted by atomic mass is 9.94. The van der Waals surface area contributed by atoms with Crippen LogP contribution in [0.15, 0.2) is 36.4 Å². The normalized spacial score (nSPS) is 15.5. The molecule has 1 unspecified atom stereocenters. The van der Waals surface area contributed by atoms with Gasteiger partial charge >= 0.3 is 0 Å². The van der Waals surface area contributed by atoms with Gasteiger partial charge in [-0.05, 0) is 67.1 Å². The largest absolute Gasteiger partial charge is 0.508 e. The molecule has 0 aromatic heterocycles. The summed E-state index contributed by atoms with van der Waals surface area (Å²) in [4.78, 5) is 62.9. The molecule has 1 aliphatic rings. The number of amides is 5. The van der Waals surface area contributed by atoms with Crippen LogP contribution in [-0.4, -0.2) is 76.6 Å². The van der Waals surface area contributed by atoms with Crippen molar-refractivity contribution in [2.24, 2.45) is 11.5 Å². The summed E-state index contributed by atoms with van der Waals surface area (Å²) in [6.45, 7) is 3.91. The van der Waals surface area contributed by atoms with Crippen LogP contribution in [0.2, 0.25) is 0 Å². The predicted molar refractivity (Wildman–Crippen MR) is 153 cm³/mol. The number of hydrogen-bond acceptors (Lipinski definition) is 8. The minimum absolute atomic E-state index is 0.116. The number of carbonyl (C=O) groups is 5. The van der Waals surface area contributed by atoms with Crippen molar-refractivity contribution in [2.45, 2.75) is 63.8 Å². The van der Waals surface area contributed by atoms with Crippen molar-refractivity contribution in [1.29, 1.82) is 0 Å². The van der Waals surface area contributed by atoms with Crippen LogP contribution in [-0.2, 0) is 43.2 Å². The summed E-state index contributed by atoms with van der Waals surface area (Å²) in [7, 11) is 0. The van der Waals surface area contributed by atoms with Crippen molar-refractivity contribution in [1.82, 2.24) is 21.3 Å². The molecular weight excluding hydrogens is 544 g/mol. The number of phenolic OH excluding ortho intramolecular Hbond substituents is 1. The lowest BCUT2D eigenvalue weighted by molar-refractivity contribution is -0.135. The minimum Gasteiger partial charge on any atom is -0.508 e. The molecule has 226 valence electrons. The van der Waals surface area contributed by atoms with Gasteiger partial charge in [-0.3, -0.25) is 24.0 Å². The molecule has 2 aromatic rings. The molecular formula is C29H38N6O7. The van der Waals surface area contributed by atoms with Gasteiger partial charge in [0.25, 0.3) is 0 Å². The fourth-order valence-electron chi connectivity index (χ4n) is 5.12. The Morgan fingerprint density at radius 2 is 1.50 bits per heavy atom. The number of primary amides is 1. The van der Waals surface area contributed by atoms with Crippen molar-refractivity contribution in [3.05, 3.63) is 64.2 Å². The van der Waals surface area contributed by atoms with Crippen molar-refractivity contribution in [3.63, 3.8) is 0 Å². The van der Waals surface area contributed by atoms with Gasteiger partial charge < -0.3 is 42.9 Å². The van der Waals surface area contributed by atoms with Crippen molar-refractivity contribution in [3.8, 4) is 5.75 Å². The number of aryl methyl sites for hydroxylation is 2. The number of phenols is 1. The highest BCUT2D eigenvalue weighted by Crippen LogP contribution is 2.30. The zero-order valence-corrected chi connectivity index (χ0v) is 23.8. The first-order valence-electron chi connectivity index (χ1n) is 13.5. The molecule has 13 heteroatoms. The molecule has 42 heavy (non-hydrogen) atoms. The van der Waals surface area contributed by atoms with E-state index >= 15 is 0 Å². The Hall–Kier alpha value is -4.49. The van der Waals surface area contributed by atoms with E-state index in [2.05, 4.69) is 21.3 Å². The number of nitrogens with one attached hydrogen (secondary N) is 4. The van der Waals surface area contributed by atoms with Crippen LogP contribution < -0.4 is 32.7 Å². The lowest BCUT2D eigenvalue weighted by Crippen LogP contribution is -2.62. The molecule has 3 atom stereocenters. The predicted octanol–water partition coefficient (Wildman–Crippen LogP) is -1.88. The van der Waals surface area contributed by atoms with Gasteiger partial charge in [-0.1, -0.05) is 24.3 Å². The second-order valence-electron chi connectivity index (χ2n) is 10.7. The maximum Gasteiger partial charge on any atom is 0.246 e. The number of carbonyl (C=O) groups excluding carboxylic acids is 5. The molecule has 0 saturated carbocycles. The van der Waals surface area contributed by atoms with Crippen LogP contribution >= 0.6 is 0 Å². The third kappa shape index (κ3) is 7.83. The molecule has 0 bridgehead atoms. The first-order valence-corrected chi connectivity index (χ1v) is 13.5. The SMILES string of the molecule is Cc1cc(O)cc(C)c1C[C@H](N)C(=O)NCC(=O)NC1(C(=O)NCC(=O)N[C@H](C(N)=O)C(C)O)Cc2ccccc2C1. The Morgan fingerprint density at radius 3 is 2.02 bits per heavy atom. The van der Waals surface area contributed by atoms with Crippen molar-refractivity contribution >= 4 is 29.5 Å². The number of aliphatic hydroxyl groups excluding tert-OH is 1. The summed E-state index contributed by atoms with van der Waals surface area (Å²) < 4.78 is 0. The van der Waals surface area contributed by atoms with E-state index in [1.807, 2.05) is 12.1 Å². The summed E-state index contributed by atoms with van der Waals surface area (Å²) in [6, 6.07) is 8.14. The zero-order valence-electron chi connectivity index (χ0n) is 23.8. The average molecular weight is 583 g/mol. The van der Waals surface area contributed by atoms with Gasteiger partial charge in [-0.2, -0.15) is 0 Å². The highest BCUT2D eigenvalue weighted by Gasteiger charge is 2.45. The van der Waals surface area contributed by atoms with Gasteiger partial charge in [0.2, 0.25) is 29.5 Å². The Morgan fingerprint density at radius 1 is 0.952 bits per heavy atom. The van der Waals surface area contributed by atoms with Crippen LogP contribution in [0.3, 0.4) is 0 Å². The Kier molecular flexibility index (Phi) is 10.3. The highest BCUT2D eigenvalue weighted by molar-refractivity contribution is 5.97. The number of rotatable bonds is 12. The quantitative estimate of drug-likeness (QED) is 0.141. The number of aliphatic hydroxyl groups is 1. The minimum atomic E-state index is -1.44. The van der Waals surface area contributed by atoms with E-state index in [0.29, 0.717) is 0 Å². The summed E-state index contributed by atoms with van der Waals surface area (Å²) in [5.74, 6) is -3.42.